The molecule has 0 spiro atoms. The van der Waals surface area contributed by atoms with Gasteiger partial charge in [-0.3, -0.25) is 4.79 Å². The topological polar surface area (TPSA) is 67.8 Å². The third-order valence-corrected chi connectivity index (χ3v) is 4.47. The van der Waals surface area contributed by atoms with E-state index in [1.807, 2.05) is 37.3 Å². The van der Waals surface area contributed by atoms with Gasteiger partial charge in [0.25, 0.3) is 0 Å². The second kappa shape index (κ2) is 8.43. The maximum atomic E-state index is 12.3. The van der Waals surface area contributed by atoms with Gasteiger partial charge in [0.15, 0.2) is 11.5 Å². The van der Waals surface area contributed by atoms with E-state index >= 15 is 0 Å². The summed E-state index contributed by atoms with van der Waals surface area (Å²) in [5.74, 6) is 0.964. The fraction of sp³-hybridized carbons (Fsp3) is 0.350. The maximum absolute atomic E-state index is 12.3. The van der Waals surface area contributed by atoms with Gasteiger partial charge in [0, 0.05) is 6.04 Å². The molecule has 3 rings (SSSR count). The first-order valence-corrected chi connectivity index (χ1v) is 9.01. The highest BCUT2D eigenvalue weighted by Crippen LogP contribution is 2.38. The number of aliphatic hydroxyl groups excluding tert-OH is 1. The summed E-state index contributed by atoms with van der Waals surface area (Å²) in [6.07, 6.45) is 0.00926. The molecule has 2 aromatic carbocycles. The zero-order valence-electron chi connectivity index (χ0n) is 14.6. The molecular weight excluding hydrogens is 354 g/mol. The van der Waals surface area contributed by atoms with E-state index in [1.165, 1.54) is 0 Å². The van der Waals surface area contributed by atoms with Gasteiger partial charge in [-0.25, -0.2) is 0 Å². The maximum Gasteiger partial charge on any atom is 0.224 e. The monoisotopic (exact) mass is 375 g/mol. The Balaban J connectivity index is 1.56. The predicted molar refractivity (Wildman–Crippen MR) is 99.8 cm³/mol. The molecule has 0 fully saturated rings. The molecule has 1 heterocycles. The van der Waals surface area contributed by atoms with Crippen molar-refractivity contribution >= 4 is 17.5 Å². The number of carbonyl (C=O) groups is 1. The molecular formula is C20H22ClNO4. The summed E-state index contributed by atoms with van der Waals surface area (Å²) >= 11 is 6.20. The van der Waals surface area contributed by atoms with Crippen LogP contribution in [0.4, 0.5) is 0 Å². The minimum atomic E-state index is -0.616. The number of amides is 1. The fourth-order valence-corrected chi connectivity index (χ4v) is 3.27. The van der Waals surface area contributed by atoms with Crippen LogP contribution in [0.1, 0.15) is 30.6 Å². The number of carbonyl (C=O) groups excluding carboxylic acids is 1. The smallest absolute Gasteiger partial charge is 0.224 e. The summed E-state index contributed by atoms with van der Waals surface area (Å²) < 4.78 is 11.0. The normalized spacial score (nSPS) is 15.2. The van der Waals surface area contributed by atoms with E-state index in [0.29, 0.717) is 36.2 Å². The highest BCUT2D eigenvalue weighted by molar-refractivity contribution is 6.32. The zero-order valence-corrected chi connectivity index (χ0v) is 15.3. The largest absolute Gasteiger partial charge is 0.486 e. The van der Waals surface area contributed by atoms with Crippen LogP contribution in [0.2, 0.25) is 5.02 Å². The van der Waals surface area contributed by atoms with Crippen molar-refractivity contribution < 1.29 is 19.4 Å². The third-order valence-electron chi connectivity index (χ3n) is 4.19. The number of rotatable bonds is 6. The first-order chi connectivity index (χ1) is 12.5. The second-order valence-electron chi connectivity index (χ2n) is 6.41. The number of hydrogen-bond donors (Lipinski definition) is 2. The Morgan fingerprint density at radius 3 is 2.73 bits per heavy atom. The Bertz CT molecular complexity index is 766. The van der Waals surface area contributed by atoms with Crippen molar-refractivity contribution in [2.24, 2.45) is 0 Å². The van der Waals surface area contributed by atoms with Crippen LogP contribution in [0.25, 0.3) is 0 Å². The van der Waals surface area contributed by atoms with E-state index in [4.69, 9.17) is 21.1 Å². The Hall–Kier alpha value is -2.24. The lowest BCUT2D eigenvalue weighted by atomic mass is 10.0. The summed E-state index contributed by atoms with van der Waals surface area (Å²) in [6.45, 7) is 2.81. The third kappa shape index (κ3) is 4.68. The van der Waals surface area contributed by atoms with E-state index < -0.39 is 6.10 Å². The van der Waals surface area contributed by atoms with Gasteiger partial charge in [-0.1, -0.05) is 41.9 Å². The fourth-order valence-electron chi connectivity index (χ4n) is 2.98. The molecule has 1 aliphatic rings. The molecule has 0 bridgehead atoms. The van der Waals surface area contributed by atoms with Crippen LogP contribution in [-0.4, -0.2) is 30.3 Å². The van der Waals surface area contributed by atoms with Crippen LogP contribution < -0.4 is 14.8 Å². The van der Waals surface area contributed by atoms with Crippen LogP contribution in [0.5, 0.6) is 11.5 Å². The van der Waals surface area contributed by atoms with Gasteiger partial charge in [-0.15, -0.1) is 0 Å². The quantitative estimate of drug-likeness (QED) is 0.813. The molecule has 2 atom stereocenters. The van der Waals surface area contributed by atoms with E-state index in [1.54, 1.807) is 12.1 Å². The van der Waals surface area contributed by atoms with Crippen molar-refractivity contribution in [3.63, 3.8) is 0 Å². The molecule has 6 heteroatoms. The number of benzene rings is 2. The lowest BCUT2D eigenvalue weighted by Crippen LogP contribution is -2.34. The first-order valence-electron chi connectivity index (χ1n) is 8.63. The average molecular weight is 376 g/mol. The van der Waals surface area contributed by atoms with Gasteiger partial charge < -0.3 is 19.9 Å². The number of aliphatic hydroxyl groups is 1. The van der Waals surface area contributed by atoms with E-state index in [-0.39, 0.29) is 18.4 Å². The minimum Gasteiger partial charge on any atom is -0.486 e. The van der Waals surface area contributed by atoms with Crippen molar-refractivity contribution in [2.75, 3.05) is 13.2 Å². The number of fused-ring (bicyclic) bond motifs is 1. The second-order valence-corrected chi connectivity index (χ2v) is 6.82. The van der Waals surface area contributed by atoms with Crippen molar-refractivity contribution in [1.82, 2.24) is 5.32 Å². The van der Waals surface area contributed by atoms with Gasteiger partial charge in [0.2, 0.25) is 5.91 Å². The molecule has 1 amide bonds. The molecule has 0 saturated heterocycles. The van der Waals surface area contributed by atoms with Crippen molar-refractivity contribution in [3.8, 4) is 11.5 Å². The Morgan fingerprint density at radius 1 is 1.23 bits per heavy atom. The Kier molecular flexibility index (Phi) is 6.01. The van der Waals surface area contributed by atoms with Crippen molar-refractivity contribution in [1.29, 1.82) is 0 Å². The molecule has 138 valence electrons. The Labute approximate surface area is 157 Å². The minimum absolute atomic E-state index is 0.134. The van der Waals surface area contributed by atoms with Crippen LogP contribution in [0.15, 0.2) is 42.5 Å². The Morgan fingerprint density at radius 2 is 1.96 bits per heavy atom. The van der Waals surface area contributed by atoms with Crippen molar-refractivity contribution in [3.05, 3.63) is 58.6 Å². The standard InChI is InChI=1S/C20H22ClNO4/c1-13(9-17(23)15-5-3-2-4-6-15)22-19(24)12-14-10-16(21)20-18(11-14)25-7-8-26-20/h2-6,10-11,13,17,23H,7-9,12H2,1H3,(H,22,24). The van der Waals surface area contributed by atoms with E-state index in [0.717, 1.165) is 11.1 Å². The van der Waals surface area contributed by atoms with Crippen LogP contribution in [0, 0.1) is 0 Å². The molecule has 2 N–H and O–H groups in total. The molecule has 26 heavy (non-hydrogen) atoms. The van der Waals surface area contributed by atoms with Crippen LogP contribution in [-0.2, 0) is 11.2 Å². The SMILES string of the molecule is CC(CC(O)c1ccccc1)NC(=O)Cc1cc(Cl)c2c(c1)OCCO2. The molecule has 0 aliphatic carbocycles. The van der Waals surface area contributed by atoms with Gasteiger partial charge in [-0.2, -0.15) is 0 Å². The molecule has 2 aromatic rings. The summed E-state index contributed by atoms with van der Waals surface area (Å²) in [6, 6.07) is 12.8. The van der Waals surface area contributed by atoms with Gasteiger partial charge in [0.05, 0.1) is 17.5 Å². The predicted octanol–water partition coefficient (Wildman–Crippen LogP) is 3.28. The number of hydrogen-bond acceptors (Lipinski definition) is 4. The summed E-state index contributed by atoms with van der Waals surface area (Å²) in [7, 11) is 0. The van der Waals surface area contributed by atoms with E-state index in [2.05, 4.69) is 5.32 Å². The number of halogens is 1. The lowest BCUT2D eigenvalue weighted by Gasteiger charge is -2.21. The summed E-state index contributed by atoms with van der Waals surface area (Å²) in [4.78, 5) is 12.3. The van der Waals surface area contributed by atoms with Crippen molar-refractivity contribution in [2.45, 2.75) is 31.9 Å². The highest BCUT2D eigenvalue weighted by Gasteiger charge is 2.19. The van der Waals surface area contributed by atoms with E-state index in [9.17, 15) is 9.90 Å². The number of ether oxygens (including phenoxy) is 2. The van der Waals surface area contributed by atoms with Crippen LogP contribution in [0.3, 0.4) is 0 Å². The van der Waals surface area contributed by atoms with Gasteiger partial charge in [-0.05, 0) is 36.6 Å². The number of nitrogens with one attached hydrogen (secondary N) is 1. The molecule has 5 nitrogen and oxygen atoms in total. The van der Waals surface area contributed by atoms with Crippen LogP contribution >= 0.6 is 11.6 Å². The molecule has 0 radical (unpaired) electrons. The van der Waals surface area contributed by atoms with Gasteiger partial charge >= 0.3 is 0 Å². The highest BCUT2D eigenvalue weighted by atomic mass is 35.5. The lowest BCUT2D eigenvalue weighted by molar-refractivity contribution is -0.121. The molecule has 1 aliphatic heterocycles. The average Bonchev–Trinajstić information content (AvgIpc) is 2.62. The summed E-state index contributed by atoms with van der Waals surface area (Å²) in [5.41, 5.74) is 1.60. The molecule has 2 unspecified atom stereocenters. The molecule has 0 saturated carbocycles. The first kappa shape index (κ1) is 18.5. The zero-order chi connectivity index (χ0) is 18.5. The summed E-state index contributed by atoms with van der Waals surface area (Å²) in [5, 5.41) is 13.6. The molecule has 0 aromatic heterocycles. The van der Waals surface area contributed by atoms with Gasteiger partial charge in [0.1, 0.15) is 13.2 Å².